The fraction of sp³-hybridized carbons (Fsp3) is 0.652. The van der Waals surface area contributed by atoms with Gasteiger partial charge in [-0.25, -0.2) is 14.6 Å². The summed E-state index contributed by atoms with van der Waals surface area (Å²) >= 11 is 0. The average Bonchev–Trinajstić information content (AvgIpc) is 2.76. The number of carbonyl (C=O) groups is 3. The molecule has 9 heteroatoms. The standard InChI is InChI=1S/C18H26N2O6.C3H8O.C2H6/c1-5-24-16(22)15-11-14(10-13(12-21)20-15)25-9-7-6-8-19-17(23)26-18(2,3)4;1-3-4-2;1-2/h10-12H,5-9H2,1-4H3,(H,19,23);3H2,1-2H3;1-2H3. The molecule has 32 heavy (non-hydrogen) atoms. The zero-order valence-electron chi connectivity index (χ0n) is 20.8. The van der Waals surface area contributed by atoms with Crippen LogP contribution in [-0.2, 0) is 14.2 Å². The molecule has 184 valence electrons. The summed E-state index contributed by atoms with van der Waals surface area (Å²) in [6.07, 6.45) is 1.45. The molecule has 0 aliphatic rings. The zero-order chi connectivity index (χ0) is 25.0. The largest absolute Gasteiger partial charge is 0.493 e. The number of aldehydes is 1. The lowest BCUT2D eigenvalue weighted by molar-refractivity contribution is 0.0512. The lowest BCUT2D eigenvalue weighted by Crippen LogP contribution is -2.33. The topological polar surface area (TPSA) is 113 Å². The van der Waals surface area contributed by atoms with Crippen LogP contribution in [-0.4, -0.2) is 62.4 Å². The summed E-state index contributed by atoms with van der Waals surface area (Å²) < 4.78 is 20.1. The van der Waals surface area contributed by atoms with Gasteiger partial charge in [-0.1, -0.05) is 13.8 Å². The highest BCUT2D eigenvalue weighted by molar-refractivity contribution is 5.89. The van der Waals surface area contributed by atoms with E-state index in [1.54, 1.807) is 34.8 Å². The molecule has 0 aromatic carbocycles. The number of ether oxygens (including phenoxy) is 4. The summed E-state index contributed by atoms with van der Waals surface area (Å²) in [5.41, 5.74) is -0.406. The molecule has 0 atom stereocenters. The molecule has 0 saturated carbocycles. The van der Waals surface area contributed by atoms with Crippen molar-refractivity contribution in [2.75, 3.05) is 33.5 Å². The fourth-order valence-corrected chi connectivity index (χ4v) is 1.90. The Hall–Kier alpha value is -2.68. The quantitative estimate of drug-likeness (QED) is 0.312. The van der Waals surface area contributed by atoms with Gasteiger partial charge in [0.2, 0.25) is 0 Å². The Labute approximate surface area is 192 Å². The van der Waals surface area contributed by atoms with Gasteiger partial charge >= 0.3 is 12.1 Å². The lowest BCUT2D eigenvalue weighted by atomic mass is 10.2. The van der Waals surface area contributed by atoms with Gasteiger partial charge in [0, 0.05) is 32.4 Å². The summed E-state index contributed by atoms with van der Waals surface area (Å²) in [6, 6.07) is 2.89. The second kappa shape index (κ2) is 19.0. The fourth-order valence-electron chi connectivity index (χ4n) is 1.90. The number of hydrogen-bond acceptors (Lipinski definition) is 8. The van der Waals surface area contributed by atoms with Crippen molar-refractivity contribution in [3.8, 4) is 5.75 Å². The first-order chi connectivity index (χ1) is 15.2. The first kappa shape index (κ1) is 31.5. The van der Waals surface area contributed by atoms with Crippen molar-refractivity contribution in [2.45, 2.75) is 66.9 Å². The highest BCUT2D eigenvalue weighted by Crippen LogP contribution is 2.15. The van der Waals surface area contributed by atoms with Crippen molar-refractivity contribution in [3.05, 3.63) is 23.5 Å². The normalized spacial score (nSPS) is 9.88. The van der Waals surface area contributed by atoms with E-state index in [1.165, 1.54) is 12.1 Å². The average molecular weight is 457 g/mol. The third-order valence-corrected chi connectivity index (χ3v) is 3.22. The Kier molecular flexibility index (Phi) is 18.7. The van der Waals surface area contributed by atoms with Crippen LogP contribution in [0.2, 0.25) is 0 Å². The third kappa shape index (κ3) is 17.0. The number of carbonyl (C=O) groups excluding carboxylic acids is 3. The van der Waals surface area contributed by atoms with Crippen molar-refractivity contribution in [1.29, 1.82) is 0 Å². The molecule has 0 fully saturated rings. The highest BCUT2D eigenvalue weighted by atomic mass is 16.6. The molecule has 1 N–H and O–H groups in total. The SMILES string of the molecule is CC.CCOC.CCOC(=O)c1cc(OCCCCNC(=O)OC(C)(C)C)cc(C=O)n1. The molecule has 0 unspecified atom stereocenters. The summed E-state index contributed by atoms with van der Waals surface area (Å²) in [5, 5.41) is 2.66. The van der Waals surface area contributed by atoms with Gasteiger partial charge in [0.05, 0.1) is 13.2 Å². The maximum Gasteiger partial charge on any atom is 0.407 e. The number of rotatable bonds is 10. The number of esters is 1. The predicted molar refractivity (Wildman–Crippen MR) is 123 cm³/mol. The Balaban J connectivity index is 0. The molecular weight excluding hydrogens is 416 g/mol. The van der Waals surface area contributed by atoms with Crippen molar-refractivity contribution < 1.29 is 33.3 Å². The summed E-state index contributed by atoms with van der Waals surface area (Å²) in [7, 11) is 1.68. The van der Waals surface area contributed by atoms with Gasteiger partial charge in [-0.2, -0.15) is 0 Å². The van der Waals surface area contributed by atoms with Crippen LogP contribution >= 0.6 is 0 Å². The third-order valence-electron chi connectivity index (χ3n) is 3.22. The first-order valence-corrected chi connectivity index (χ1v) is 10.9. The maximum absolute atomic E-state index is 11.7. The van der Waals surface area contributed by atoms with Crippen molar-refractivity contribution in [1.82, 2.24) is 10.3 Å². The first-order valence-electron chi connectivity index (χ1n) is 10.9. The minimum absolute atomic E-state index is 0.0260. The van der Waals surface area contributed by atoms with E-state index in [0.29, 0.717) is 38.0 Å². The molecule has 0 aliphatic carbocycles. The van der Waals surface area contributed by atoms with Crippen molar-refractivity contribution in [3.63, 3.8) is 0 Å². The van der Waals surface area contributed by atoms with E-state index in [9.17, 15) is 14.4 Å². The number of pyridine rings is 1. The van der Waals surface area contributed by atoms with E-state index in [4.69, 9.17) is 14.2 Å². The number of amides is 1. The Morgan fingerprint density at radius 1 is 1.09 bits per heavy atom. The number of unbranched alkanes of at least 4 members (excludes halogenated alkanes) is 1. The monoisotopic (exact) mass is 456 g/mol. The predicted octanol–water partition coefficient (Wildman–Crippen LogP) is 4.43. The molecule has 0 bridgehead atoms. The molecule has 1 aromatic rings. The molecule has 1 amide bonds. The van der Waals surface area contributed by atoms with Crippen LogP contribution in [0, 0.1) is 0 Å². The summed E-state index contributed by atoms with van der Waals surface area (Å²) in [5.74, 6) is -0.243. The van der Waals surface area contributed by atoms with Crippen LogP contribution < -0.4 is 10.1 Å². The smallest absolute Gasteiger partial charge is 0.407 e. The molecule has 0 radical (unpaired) electrons. The molecule has 1 heterocycles. The van der Waals surface area contributed by atoms with Crippen LogP contribution in [0.3, 0.4) is 0 Å². The zero-order valence-corrected chi connectivity index (χ0v) is 20.8. The van der Waals surface area contributed by atoms with E-state index in [1.807, 2.05) is 20.8 Å². The van der Waals surface area contributed by atoms with Gasteiger partial charge in [0.1, 0.15) is 17.0 Å². The molecule has 0 spiro atoms. The van der Waals surface area contributed by atoms with Gasteiger partial charge in [0.15, 0.2) is 12.0 Å². The molecule has 0 aliphatic heterocycles. The highest BCUT2D eigenvalue weighted by Gasteiger charge is 2.15. The minimum Gasteiger partial charge on any atom is -0.493 e. The van der Waals surface area contributed by atoms with Crippen LogP contribution in [0.25, 0.3) is 0 Å². The molecule has 1 rings (SSSR count). The van der Waals surface area contributed by atoms with Crippen LogP contribution in [0.4, 0.5) is 4.79 Å². The van der Waals surface area contributed by atoms with E-state index in [2.05, 4.69) is 15.0 Å². The molecular formula is C23H40N2O7. The molecule has 1 aromatic heterocycles. The maximum atomic E-state index is 11.7. The van der Waals surface area contributed by atoms with Gasteiger partial charge < -0.3 is 24.3 Å². The number of hydrogen-bond donors (Lipinski definition) is 1. The van der Waals surface area contributed by atoms with Crippen molar-refractivity contribution >= 4 is 18.3 Å². The number of aromatic nitrogens is 1. The van der Waals surface area contributed by atoms with Crippen LogP contribution in [0.5, 0.6) is 5.75 Å². The van der Waals surface area contributed by atoms with Gasteiger partial charge in [-0.05, 0) is 47.5 Å². The van der Waals surface area contributed by atoms with Crippen LogP contribution in [0.15, 0.2) is 12.1 Å². The number of alkyl carbamates (subject to hydrolysis) is 1. The van der Waals surface area contributed by atoms with Gasteiger partial charge in [-0.15, -0.1) is 0 Å². The Morgan fingerprint density at radius 2 is 1.72 bits per heavy atom. The Morgan fingerprint density at radius 3 is 2.22 bits per heavy atom. The summed E-state index contributed by atoms with van der Waals surface area (Å²) in [4.78, 5) is 38.1. The molecule has 0 saturated heterocycles. The second-order valence-corrected chi connectivity index (χ2v) is 7.01. The van der Waals surface area contributed by atoms with E-state index in [-0.39, 0.29) is 18.0 Å². The van der Waals surface area contributed by atoms with Gasteiger partial charge in [-0.3, -0.25) is 4.79 Å². The van der Waals surface area contributed by atoms with E-state index < -0.39 is 17.7 Å². The Bertz CT molecular complexity index is 656. The number of methoxy groups -OCH3 is 1. The van der Waals surface area contributed by atoms with E-state index >= 15 is 0 Å². The van der Waals surface area contributed by atoms with Gasteiger partial charge in [0.25, 0.3) is 0 Å². The lowest BCUT2D eigenvalue weighted by Gasteiger charge is -2.19. The van der Waals surface area contributed by atoms with Crippen molar-refractivity contribution in [2.24, 2.45) is 0 Å². The molecule has 9 nitrogen and oxygen atoms in total. The summed E-state index contributed by atoms with van der Waals surface area (Å²) in [6.45, 7) is 14.9. The number of nitrogens with zero attached hydrogens (tertiary/aromatic N) is 1. The van der Waals surface area contributed by atoms with E-state index in [0.717, 1.165) is 6.61 Å². The van der Waals surface area contributed by atoms with Crippen LogP contribution in [0.1, 0.15) is 82.3 Å². The minimum atomic E-state index is -0.609. The number of nitrogens with one attached hydrogen (secondary N) is 1. The second-order valence-electron chi connectivity index (χ2n) is 7.01.